The van der Waals surface area contributed by atoms with E-state index >= 15 is 0 Å². The molecule has 0 radical (unpaired) electrons. The summed E-state index contributed by atoms with van der Waals surface area (Å²) in [4.78, 5) is 0. The van der Waals surface area contributed by atoms with E-state index in [1.54, 1.807) is 7.11 Å². The molecule has 0 bridgehead atoms. The number of hydrogen-bond acceptors (Lipinski definition) is 4. The molecule has 18 heavy (non-hydrogen) atoms. The third-order valence-electron chi connectivity index (χ3n) is 2.86. The molecule has 0 spiro atoms. The van der Waals surface area contributed by atoms with Crippen LogP contribution in [0.1, 0.15) is 0 Å². The Morgan fingerprint density at radius 1 is 1.11 bits per heavy atom. The van der Waals surface area contributed by atoms with Crippen LogP contribution in [0.2, 0.25) is 0 Å². The van der Waals surface area contributed by atoms with Gasteiger partial charge in [-0.2, -0.15) is 0 Å². The minimum absolute atomic E-state index is 0.726. The van der Waals surface area contributed by atoms with Crippen molar-refractivity contribution in [3.8, 4) is 17.0 Å². The van der Waals surface area contributed by atoms with Gasteiger partial charge < -0.3 is 15.0 Å². The summed E-state index contributed by atoms with van der Waals surface area (Å²) in [5, 5.41) is 5.03. The van der Waals surface area contributed by atoms with Gasteiger partial charge in [0, 0.05) is 11.3 Å². The molecule has 0 saturated heterocycles. The zero-order valence-corrected chi connectivity index (χ0v) is 9.88. The highest BCUT2D eigenvalue weighted by Gasteiger charge is 2.11. The van der Waals surface area contributed by atoms with Gasteiger partial charge in [0.05, 0.1) is 12.5 Å². The Labute approximate surface area is 104 Å². The normalized spacial score (nSPS) is 10.7. The van der Waals surface area contributed by atoms with Crippen molar-refractivity contribution in [2.75, 3.05) is 12.8 Å². The van der Waals surface area contributed by atoms with Crippen LogP contribution in [0.4, 0.5) is 5.69 Å². The second kappa shape index (κ2) is 4.07. The van der Waals surface area contributed by atoms with Crippen LogP contribution in [0.3, 0.4) is 0 Å². The number of hydrogen-bond donors (Lipinski definition) is 1. The molecule has 0 saturated carbocycles. The fourth-order valence-corrected chi connectivity index (χ4v) is 1.89. The number of rotatable bonds is 2. The quantitative estimate of drug-likeness (QED) is 0.699. The second-order valence-electron chi connectivity index (χ2n) is 4.02. The first-order valence-electron chi connectivity index (χ1n) is 5.57. The van der Waals surface area contributed by atoms with Crippen molar-refractivity contribution >= 4 is 16.7 Å². The minimum atomic E-state index is 0.726. The number of fused-ring (bicyclic) bond motifs is 1. The highest BCUT2D eigenvalue weighted by atomic mass is 16.5. The van der Waals surface area contributed by atoms with E-state index in [1.807, 2.05) is 42.5 Å². The number of anilines is 1. The average Bonchev–Trinajstić information content (AvgIpc) is 2.82. The smallest absolute Gasteiger partial charge is 0.167 e. The topological polar surface area (TPSA) is 61.3 Å². The molecule has 4 nitrogen and oxygen atoms in total. The number of nitrogens with two attached hydrogens (primary N) is 1. The van der Waals surface area contributed by atoms with E-state index in [9.17, 15) is 0 Å². The molecule has 1 aromatic heterocycles. The minimum Gasteiger partial charge on any atom is -0.497 e. The van der Waals surface area contributed by atoms with E-state index in [0.29, 0.717) is 0 Å². The number of nitrogens with zero attached hydrogens (tertiary/aromatic N) is 1. The number of methoxy groups -OCH3 is 1. The van der Waals surface area contributed by atoms with Crippen molar-refractivity contribution in [3.05, 3.63) is 42.5 Å². The van der Waals surface area contributed by atoms with Gasteiger partial charge in [0.1, 0.15) is 11.4 Å². The molecule has 3 rings (SSSR count). The maximum absolute atomic E-state index is 5.67. The predicted octanol–water partition coefficient (Wildman–Crippen LogP) is 3.09. The second-order valence-corrected chi connectivity index (χ2v) is 4.02. The van der Waals surface area contributed by atoms with Crippen molar-refractivity contribution in [1.82, 2.24) is 5.16 Å². The number of ether oxygens (including phenoxy) is 1. The van der Waals surface area contributed by atoms with Gasteiger partial charge in [-0.3, -0.25) is 0 Å². The maximum atomic E-state index is 5.67. The van der Waals surface area contributed by atoms with Gasteiger partial charge in [0.2, 0.25) is 0 Å². The van der Waals surface area contributed by atoms with Crippen LogP contribution in [0, 0.1) is 0 Å². The average molecular weight is 240 g/mol. The van der Waals surface area contributed by atoms with Gasteiger partial charge in [-0.05, 0) is 30.3 Å². The summed E-state index contributed by atoms with van der Waals surface area (Å²) in [5.41, 5.74) is 8.90. The van der Waals surface area contributed by atoms with E-state index < -0.39 is 0 Å². The molecule has 0 aliphatic heterocycles. The molecule has 2 N–H and O–H groups in total. The van der Waals surface area contributed by atoms with Gasteiger partial charge in [-0.25, -0.2) is 0 Å². The first-order valence-corrected chi connectivity index (χ1v) is 5.57. The molecule has 0 fully saturated rings. The van der Waals surface area contributed by atoms with Crippen molar-refractivity contribution in [3.63, 3.8) is 0 Å². The molecule has 2 aromatic carbocycles. The van der Waals surface area contributed by atoms with E-state index in [0.717, 1.165) is 33.7 Å². The summed E-state index contributed by atoms with van der Waals surface area (Å²) in [6.45, 7) is 0. The lowest BCUT2D eigenvalue weighted by Gasteiger charge is -2.00. The van der Waals surface area contributed by atoms with Crippen molar-refractivity contribution < 1.29 is 9.26 Å². The summed E-state index contributed by atoms with van der Waals surface area (Å²) in [5.74, 6) is 0.780. The molecular weight excluding hydrogens is 228 g/mol. The fourth-order valence-electron chi connectivity index (χ4n) is 1.89. The Kier molecular flexibility index (Phi) is 2.41. The molecule has 0 amide bonds. The monoisotopic (exact) mass is 240 g/mol. The third kappa shape index (κ3) is 1.68. The van der Waals surface area contributed by atoms with E-state index in [1.165, 1.54) is 0 Å². The first-order chi connectivity index (χ1) is 8.78. The van der Waals surface area contributed by atoms with E-state index in [4.69, 9.17) is 15.0 Å². The van der Waals surface area contributed by atoms with Gasteiger partial charge in [0.25, 0.3) is 0 Å². The lowest BCUT2D eigenvalue weighted by Crippen LogP contribution is -1.85. The molecular formula is C14H12N2O2. The summed E-state index contributed by atoms with van der Waals surface area (Å²) < 4.78 is 10.5. The molecule has 90 valence electrons. The summed E-state index contributed by atoms with van der Waals surface area (Å²) in [6, 6.07) is 13.1. The molecule has 0 atom stereocenters. The van der Waals surface area contributed by atoms with E-state index in [2.05, 4.69) is 5.16 Å². The van der Waals surface area contributed by atoms with Crippen LogP contribution in [-0.2, 0) is 0 Å². The lowest BCUT2D eigenvalue weighted by molar-refractivity contribution is 0.415. The molecule has 1 heterocycles. The standard InChI is InChI=1S/C14H12N2O2/c1-17-11-6-7-13-12(8-11)14(16-18-13)9-2-4-10(15)5-3-9/h2-8H,15H2,1H3. The zero-order valence-electron chi connectivity index (χ0n) is 9.88. The van der Waals surface area contributed by atoms with Gasteiger partial charge >= 0.3 is 0 Å². The predicted molar refractivity (Wildman–Crippen MR) is 70.4 cm³/mol. The van der Waals surface area contributed by atoms with Gasteiger partial charge in [0.15, 0.2) is 5.58 Å². The summed E-state index contributed by atoms with van der Waals surface area (Å²) in [6.07, 6.45) is 0. The zero-order chi connectivity index (χ0) is 12.5. The fraction of sp³-hybridized carbons (Fsp3) is 0.0714. The third-order valence-corrected chi connectivity index (χ3v) is 2.86. The van der Waals surface area contributed by atoms with Crippen molar-refractivity contribution in [1.29, 1.82) is 0 Å². The molecule has 4 heteroatoms. The van der Waals surface area contributed by atoms with Crippen molar-refractivity contribution in [2.45, 2.75) is 0 Å². The van der Waals surface area contributed by atoms with Crippen LogP contribution in [-0.4, -0.2) is 12.3 Å². The van der Waals surface area contributed by atoms with Crippen LogP contribution in [0.5, 0.6) is 5.75 Å². The molecule has 0 aliphatic carbocycles. The van der Waals surface area contributed by atoms with Gasteiger partial charge in [-0.15, -0.1) is 0 Å². The lowest BCUT2D eigenvalue weighted by atomic mass is 10.1. The Balaban J connectivity index is 2.19. The van der Waals surface area contributed by atoms with E-state index in [-0.39, 0.29) is 0 Å². The van der Waals surface area contributed by atoms with Gasteiger partial charge in [-0.1, -0.05) is 17.3 Å². The Bertz CT molecular complexity index is 687. The number of benzene rings is 2. The highest BCUT2D eigenvalue weighted by molar-refractivity contribution is 5.92. The molecule has 0 aliphatic rings. The van der Waals surface area contributed by atoms with Crippen LogP contribution in [0.25, 0.3) is 22.2 Å². The SMILES string of the molecule is COc1ccc2onc(-c3ccc(N)cc3)c2c1. The first kappa shape index (κ1) is 10.7. The molecule has 3 aromatic rings. The largest absolute Gasteiger partial charge is 0.497 e. The Morgan fingerprint density at radius 3 is 2.61 bits per heavy atom. The van der Waals surface area contributed by atoms with Crippen LogP contribution < -0.4 is 10.5 Å². The summed E-state index contributed by atoms with van der Waals surface area (Å²) >= 11 is 0. The Hall–Kier alpha value is -2.49. The highest BCUT2D eigenvalue weighted by Crippen LogP contribution is 2.30. The number of nitrogen functional groups attached to an aromatic ring is 1. The Morgan fingerprint density at radius 2 is 1.89 bits per heavy atom. The molecule has 0 unspecified atom stereocenters. The van der Waals surface area contributed by atoms with Crippen molar-refractivity contribution in [2.24, 2.45) is 0 Å². The van der Waals surface area contributed by atoms with Crippen LogP contribution >= 0.6 is 0 Å². The van der Waals surface area contributed by atoms with Crippen LogP contribution in [0.15, 0.2) is 47.0 Å². The maximum Gasteiger partial charge on any atom is 0.167 e. The number of aromatic nitrogens is 1. The summed E-state index contributed by atoms with van der Waals surface area (Å²) in [7, 11) is 1.64.